The van der Waals surface area contributed by atoms with Gasteiger partial charge in [-0.3, -0.25) is 0 Å². The van der Waals surface area contributed by atoms with Gasteiger partial charge in [0.25, 0.3) is 0 Å². The molecule has 0 rings (SSSR count). The first-order valence-corrected chi connectivity index (χ1v) is 5.52. The van der Waals surface area contributed by atoms with Crippen molar-refractivity contribution < 1.29 is 14.0 Å². The third kappa shape index (κ3) is 5.19. The molecule has 0 aromatic heterocycles. The van der Waals surface area contributed by atoms with Gasteiger partial charge < -0.3 is 9.16 Å². The summed E-state index contributed by atoms with van der Waals surface area (Å²) in [6, 6.07) is 0. The van der Waals surface area contributed by atoms with Crippen LogP contribution < -0.4 is 0 Å². The van der Waals surface area contributed by atoms with Crippen molar-refractivity contribution in [3.05, 3.63) is 12.2 Å². The molecule has 1 atom stereocenters. The molecule has 0 aliphatic carbocycles. The summed E-state index contributed by atoms with van der Waals surface area (Å²) in [5.74, 6) is -0.332. The van der Waals surface area contributed by atoms with Gasteiger partial charge >= 0.3 is 5.97 Å². The zero-order chi connectivity index (χ0) is 11.4. The molecule has 82 valence electrons. The molecule has 0 fully saturated rings. The summed E-state index contributed by atoms with van der Waals surface area (Å²) in [6.07, 6.45) is 0.568. The van der Waals surface area contributed by atoms with Crippen molar-refractivity contribution in [2.45, 2.75) is 45.8 Å². The van der Waals surface area contributed by atoms with E-state index >= 15 is 0 Å². The van der Waals surface area contributed by atoms with Gasteiger partial charge in [-0.15, -0.1) is 0 Å². The predicted octanol–water partition coefficient (Wildman–Crippen LogP) is 0.960. The number of carbonyl (C=O) groups is 1. The van der Waals surface area contributed by atoms with E-state index in [0.717, 1.165) is 0 Å². The van der Waals surface area contributed by atoms with E-state index in [4.69, 9.17) is 9.16 Å². The highest BCUT2D eigenvalue weighted by Gasteiger charge is 2.21. The van der Waals surface area contributed by atoms with Crippen LogP contribution >= 0.6 is 0 Å². The summed E-state index contributed by atoms with van der Waals surface area (Å²) in [6.45, 7) is 11.0. The highest BCUT2D eigenvalue weighted by Crippen LogP contribution is 2.17. The van der Waals surface area contributed by atoms with Crippen molar-refractivity contribution in [2.24, 2.45) is 0 Å². The zero-order valence-corrected chi connectivity index (χ0v) is 11.7. The molecule has 14 heavy (non-hydrogen) atoms. The number of hydrogen-bond acceptors (Lipinski definition) is 3. The largest absolute Gasteiger partial charge is 0.459 e. The van der Waals surface area contributed by atoms with E-state index in [1.54, 1.807) is 6.92 Å². The first-order chi connectivity index (χ1) is 6.28. The molecule has 0 aliphatic heterocycles. The molecule has 0 spiro atoms. The average molecular weight is 216 g/mol. The Balaban J connectivity index is 4.05. The van der Waals surface area contributed by atoms with Crippen LogP contribution in [0.25, 0.3) is 0 Å². The van der Waals surface area contributed by atoms with E-state index in [0.29, 0.717) is 22.5 Å². The highest BCUT2D eigenvalue weighted by molar-refractivity contribution is 5.98. The van der Waals surface area contributed by atoms with Crippen molar-refractivity contribution in [1.29, 1.82) is 0 Å². The fraction of sp³-hybridized carbons (Fsp3) is 0.700. The van der Waals surface area contributed by atoms with E-state index in [-0.39, 0.29) is 17.7 Å². The quantitative estimate of drug-likeness (QED) is 0.390. The smallest absolute Gasteiger partial charge is 0.333 e. The van der Waals surface area contributed by atoms with Crippen molar-refractivity contribution in [1.82, 2.24) is 0 Å². The summed E-state index contributed by atoms with van der Waals surface area (Å²) in [7, 11) is 0.690. The number of ether oxygens (including phenoxy) is 1. The van der Waals surface area contributed by atoms with Gasteiger partial charge in [-0.25, -0.2) is 4.79 Å². The lowest BCUT2D eigenvalue weighted by Crippen LogP contribution is -2.30. The lowest BCUT2D eigenvalue weighted by molar-refractivity contribution is -0.145. The molecule has 0 saturated heterocycles. The molecule has 0 saturated carbocycles. The van der Waals surface area contributed by atoms with Gasteiger partial charge in [0.15, 0.2) is 0 Å². The van der Waals surface area contributed by atoms with Gasteiger partial charge in [0, 0.05) is 12.0 Å². The Morgan fingerprint density at radius 2 is 2.07 bits per heavy atom. The predicted molar refractivity (Wildman–Crippen MR) is 60.1 cm³/mol. The maximum Gasteiger partial charge on any atom is 0.333 e. The van der Waals surface area contributed by atoms with Crippen LogP contribution in [0.5, 0.6) is 0 Å². The average Bonchev–Trinajstić information content (AvgIpc) is 2.02. The minimum atomic E-state index is -0.332. The summed E-state index contributed by atoms with van der Waals surface area (Å²) >= 11 is 0. The second-order valence-corrected chi connectivity index (χ2v) is 4.57. The Labute approximate surface area is 89.0 Å². The molecule has 3 nitrogen and oxygen atoms in total. The van der Waals surface area contributed by atoms with Crippen LogP contribution in [-0.4, -0.2) is 28.2 Å². The third-order valence-electron chi connectivity index (χ3n) is 1.99. The van der Waals surface area contributed by atoms with E-state index < -0.39 is 0 Å². The minimum Gasteiger partial charge on any atom is -0.459 e. The van der Waals surface area contributed by atoms with Crippen LogP contribution in [0.1, 0.15) is 34.1 Å². The molecule has 0 aromatic carbocycles. The van der Waals surface area contributed by atoms with Gasteiger partial charge in [-0.05, 0) is 27.7 Å². The van der Waals surface area contributed by atoms with Gasteiger partial charge in [0.2, 0.25) is 0 Å². The van der Waals surface area contributed by atoms with E-state index in [1.165, 1.54) is 0 Å². The third-order valence-corrected chi connectivity index (χ3v) is 3.09. The molecule has 0 aliphatic rings. The monoisotopic (exact) mass is 216 g/mol. The maximum atomic E-state index is 11.2. The fourth-order valence-electron chi connectivity index (χ4n) is 1.10. The Morgan fingerprint density at radius 1 is 1.57 bits per heavy atom. The summed E-state index contributed by atoms with van der Waals surface area (Å²) in [5.41, 5.74) is 0.225. The first kappa shape index (κ1) is 13.4. The fourth-order valence-corrected chi connectivity index (χ4v) is 1.27. The maximum absolute atomic E-state index is 11.2. The van der Waals surface area contributed by atoms with E-state index in [1.807, 2.05) is 20.8 Å². The van der Waals surface area contributed by atoms with Crippen molar-refractivity contribution in [2.75, 3.05) is 0 Å². The molecular weight excluding hydrogens is 196 g/mol. The van der Waals surface area contributed by atoms with Crippen LogP contribution in [0.4, 0.5) is 0 Å². The van der Waals surface area contributed by atoms with E-state index in [2.05, 4.69) is 6.58 Å². The van der Waals surface area contributed by atoms with Crippen LogP contribution in [0, 0.1) is 0 Å². The highest BCUT2D eigenvalue weighted by atomic mass is 28.2. The molecular formula is C10H20O3Si. The number of carbonyl (C=O) groups excluding carboxylic acids is 1. The molecule has 0 bridgehead atoms. The van der Waals surface area contributed by atoms with Crippen LogP contribution in [0.3, 0.4) is 0 Å². The van der Waals surface area contributed by atoms with Gasteiger partial charge in [0.05, 0.1) is 5.60 Å². The molecule has 0 N–H and O–H groups in total. The van der Waals surface area contributed by atoms with Crippen LogP contribution in [0.15, 0.2) is 12.2 Å². The summed E-state index contributed by atoms with van der Waals surface area (Å²) in [4.78, 5) is 11.2. The Hall–Kier alpha value is -0.613. The summed E-state index contributed by atoms with van der Waals surface area (Å²) < 4.78 is 10.5. The number of esters is 1. The van der Waals surface area contributed by atoms with Crippen LogP contribution in [-0.2, 0) is 14.0 Å². The first-order valence-electron chi connectivity index (χ1n) is 4.70. The molecule has 0 heterocycles. The van der Waals surface area contributed by atoms with Gasteiger partial charge in [0.1, 0.15) is 16.6 Å². The number of rotatable bonds is 5. The van der Waals surface area contributed by atoms with Crippen molar-refractivity contribution in [3.63, 3.8) is 0 Å². The van der Waals surface area contributed by atoms with Crippen molar-refractivity contribution >= 4 is 16.5 Å². The second kappa shape index (κ2) is 5.31. The molecule has 0 aromatic rings. The molecule has 1 unspecified atom stereocenters. The molecule has 0 radical (unpaired) electrons. The topological polar surface area (TPSA) is 35.5 Å². The lowest BCUT2D eigenvalue weighted by atomic mass is 10.0. The van der Waals surface area contributed by atoms with Crippen molar-refractivity contribution in [3.8, 4) is 0 Å². The van der Waals surface area contributed by atoms with Crippen LogP contribution in [0.2, 0.25) is 0 Å². The Morgan fingerprint density at radius 3 is 2.43 bits per heavy atom. The Kier molecular flexibility index (Phi) is 5.08. The lowest BCUT2D eigenvalue weighted by Gasteiger charge is -2.27. The second-order valence-electron chi connectivity index (χ2n) is 4.16. The molecule has 4 heteroatoms. The van der Waals surface area contributed by atoms with Gasteiger partial charge in [-0.2, -0.15) is 0 Å². The summed E-state index contributed by atoms with van der Waals surface area (Å²) in [5, 5.41) is 0. The standard InChI is InChI=1S/C10H20O3Si/c1-7(2)9(11)12-8(3)6-10(4,5)13-14/h8H,1,6H2,2-5,14H3. The van der Waals surface area contributed by atoms with Gasteiger partial charge in [-0.1, -0.05) is 6.58 Å². The zero-order valence-electron chi connectivity index (χ0n) is 9.72. The normalized spacial score (nSPS) is 13.7. The SMILES string of the molecule is C=C(C)C(=O)OC(C)CC(C)(C)O[SiH3]. The number of hydrogen-bond donors (Lipinski definition) is 0. The van der Waals surface area contributed by atoms with E-state index in [9.17, 15) is 4.79 Å². The minimum absolute atomic E-state index is 0.136. The Bertz CT molecular complexity index is 223. The molecule has 0 amide bonds.